The van der Waals surface area contributed by atoms with Crippen molar-refractivity contribution >= 4 is 29.3 Å². The summed E-state index contributed by atoms with van der Waals surface area (Å²) in [5.41, 5.74) is 5.08. The minimum atomic E-state index is -0.393. The summed E-state index contributed by atoms with van der Waals surface area (Å²) in [6.45, 7) is 6.13. The van der Waals surface area contributed by atoms with Crippen molar-refractivity contribution in [3.8, 4) is 5.69 Å². The van der Waals surface area contributed by atoms with Crippen LogP contribution in [0.15, 0.2) is 54.7 Å². The molecule has 0 saturated carbocycles. The Hall–Kier alpha value is -3.72. The largest absolute Gasteiger partial charge is 0.465 e. The predicted molar refractivity (Wildman–Crippen MR) is 135 cm³/mol. The summed E-state index contributed by atoms with van der Waals surface area (Å²) in [5.74, 6) is -0.737. The van der Waals surface area contributed by atoms with Gasteiger partial charge < -0.3 is 24.3 Å². The molecule has 1 aromatic carbocycles. The second kappa shape index (κ2) is 10.3. The molecule has 8 nitrogen and oxygen atoms in total. The van der Waals surface area contributed by atoms with Crippen molar-refractivity contribution < 1.29 is 19.1 Å². The topological polar surface area (TPSA) is 85.7 Å². The van der Waals surface area contributed by atoms with E-state index in [0.29, 0.717) is 17.3 Å². The number of carbonyl (C=O) groups excluding carboxylic acids is 2. The molecule has 0 amide bonds. The molecule has 2 aromatic heterocycles. The molecule has 182 valence electrons. The van der Waals surface area contributed by atoms with Crippen molar-refractivity contribution in [2.24, 2.45) is 0 Å². The third-order valence-corrected chi connectivity index (χ3v) is 6.47. The lowest BCUT2D eigenvalue weighted by Crippen LogP contribution is -2.35. The summed E-state index contributed by atoms with van der Waals surface area (Å²) in [6, 6.07) is 14.6. The Labute approximate surface area is 209 Å². The van der Waals surface area contributed by atoms with E-state index < -0.39 is 5.97 Å². The number of aromatic nitrogens is 2. The number of pyridine rings is 1. The Morgan fingerprint density at radius 1 is 1.14 bits per heavy atom. The fraction of sp³-hybridized carbons (Fsp3) is 0.308. The number of nitrogens with one attached hydrogen (secondary N) is 1. The standard InChI is InChI=1S/C26H28N4O4S/c1-5-34-22(31)15-29-24(23(28-26(29)35)21-11-6-7-12-27-21)20-13-16(2)30(17(20)3)19-10-8-9-18(14-19)25(32)33-4/h6-14,23-24H,5,15H2,1-4H3,(H,28,35). The number of benzene rings is 1. The number of hydrogen-bond donors (Lipinski definition) is 1. The summed E-state index contributed by atoms with van der Waals surface area (Å²) in [4.78, 5) is 31.0. The van der Waals surface area contributed by atoms with Crippen molar-refractivity contribution in [3.63, 3.8) is 0 Å². The number of ether oxygens (including phenoxy) is 2. The first kappa shape index (κ1) is 24.4. The minimum Gasteiger partial charge on any atom is -0.465 e. The molecule has 0 spiro atoms. The summed E-state index contributed by atoms with van der Waals surface area (Å²) in [5, 5.41) is 3.83. The van der Waals surface area contributed by atoms with E-state index in [1.54, 1.807) is 25.3 Å². The van der Waals surface area contributed by atoms with Crippen molar-refractivity contribution in [2.75, 3.05) is 20.3 Å². The van der Waals surface area contributed by atoms with Gasteiger partial charge in [-0.25, -0.2) is 4.79 Å². The summed E-state index contributed by atoms with van der Waals surface area (Å²) in [6.07, 6.45) is 1.74. The average molecular weight is 493 g/mol. The van der Waals surface area contributed by atoms with E-state index in [9.17, 15) is 9.59 Å². The second-order valence-electron chi connectivity index (χ2n) is 8.26. The molecule has 2 unspecified atom stereocenters. The Balaban J connectivity index is 1.81. The molecule has 1 fully saturated rings. The van der Waals surface area contributed by atoms with Gasteiger partial charge in [0.15, 0.2) is 5.11 Å². The smallest absolute Gasteiger partial charge is 0.337 e. The van der Waals surface area contributed by atoms with Crippen LogP contribution in [0.5, 0.6) is 0 Å². The van der Waals surface area contributed by atoms with Crippen LogP contribution in [0, 0.1) is 13.8 Å². The molecule has 0 aliphatic carbocycles. The molecule has 9 heteroatoms. The maximum Gasteiger partial charge on any atom is 0.337 e. The van der Waals surface area contributed by atoms with Crippen LogP contribution < -0.4 is 5.32 Å². The van der Waals surface area contributed by atoms with Gasteiger partial charge in [0, 0.05) is 23.3 Å². The number of carbonyl (C=O) groups is 2. The van der Waals surface area contributed by atoms with Gasteiger partial charge in [-0.15, -0.1) is 0 Å². The first-order valence-electron chi connectivity index (χ1n) is 11.4. The third kappa shape index (κ3) is 4.77. The number of hydrogen-bond acceptors (Lipinski definition) is 6. The van der Waals surface area contributed by atoms with Gasteiger partial charge in [-0.05, 0) is 75.0 Å². The highest BCUT2D eigenvalue weighted by atomic mass is 32.1. The van der Waals surface area contributed by atoms with Crippen LogP contribution >= 0.6 is 12.2 Å². The predicted octanol–water partition coefficient (Wildman–Crippen LogP) is 3.81. The molecule has 2 atom stereocenters. The lowest BCUT2D eigenvalue weighted by Gasteiger charge is -2.27. The van der Waals surface area contributed by atoms with Crippen LogP contribution in [0.1, 0.15) is 52.0 Å². The zero-order chi connectivity index (χ0) is 25.1. The number of methoxy groups -OCH3 is 1. The van der Waals surface area contributed by atoms with E-state index in [1.165, 1.54) is 7.11 Å². The second-order valence-corrected chi connectivity index (χ2v) is 8.65. The Kier molecular flexibility index (Phi) is 7.16. The summed E-state index contributed by atoms with van der Waals surface area (Å²) < 4.78 is 12.2. The van der Waals surface area contributed by atoms with Crippen molar-refractivity contribution in [1.29, 1.82) is 0 Å². The summed E-state index contributed by atoms with van der Waals surface area (Å²) in [7, 11) is 1.37. The molecule has 1 N–H and O–H groups in total. The van der Waals surface area contributed by atoms with E-state index >= 15 is 0 Å². The molecule has 4 rings (SSSR count). The molecular weight excluding hydrogens is 464 g/mol. The van der Waals surface area contributed by atoms with Crippen LogP contribution in [-0.2, 0) is 14.3 Å². The molecule has 1 aliphatic rings. The monoisotopic (exact) mass is 492 g/mol. The van der Waals surface area contributed by atoms with E-state index in [1.807, 2.05) is 49.1 Å². The average Bonchev–Trinajstić information content (AvgIpc) is 3.34. The van der Waals surface area contributed by atoms with Crippen LogP contribution in [0.3, 0.4) is 0 Å². The maximum atomic E-state index is 12.5. The van der Waals surface area contributed by atoms with Gasteiger partial charge >= 0.3 is 11.9 Å². The van der Waals surface area contributed by atoms with Crippen molar-refractivity contribution in [2.45, 2.75) is 32.9 Å². The van der Waals surface area contributed by atoms with Gasteiger partial charge in [0.05, 0.1) is 37.1 Å². The molecule has 35 heavy (non-hydrogen) atoms. The molecule has 3 heterocycles. The van der Waals surface area contributed by atoms with Crippen LogP contribution in [0.4, 0.5) is 0 Å². The van der Waals surface area contributed by atoms with Crippen LogP contribution in [0.2, 0.25) is 0 Å². The summed E-state index contributed by atoms with van der Waals surface area (Å²) >= 11 is 5.65. The van der Waals surface area contributed by atoms with Crippen molar-refractivity contribution in [3.05, 3.63) is 82.9 Å². The van der Waals surface area contributed by atoms with Crippen molar-refractivity contribution in [1.82, 2.24) is 19.8 Å². The third-order valence-electron chi connectivity index (χ3n) is 6.12. The maximum absolute atomic E-state index is 12.5. The zero-order valence-corrected chi connectivity index (χ0v) is 21.0. The van der Waals surface area contributed by atoms with Crippen LogP contribution in [-0.4, -0.2) is 51.8 Å². The molecule has 1 aliphatic heterocycles. The van der Waals surface area contributed by atoms with Gasteiger partial charge in [-0.1, -0.05) is 12.1 Å². The zero-order valence-electron chi connectivity index (χ0n) is 20.1. The van der Waals surface area contributed by atoms with Gasteiger partial charge in [-0.2, -0.15) is 0 Å². The lowest BCUT2D eigenvalue weighted by molar-refractivity contribution is -0.143. The van der Waals surface area contributed by atoms with E-state index in [4.69, 9.17) is 21.7 Å². The van der Waals surface area contributed by atoms with Gasteiger partial charge in [0.2, 0.25) is 0 Å². The fourth-order valence-corrected chi connectivity index (χ4v) is 4.94. The number of thiocarbonyl (C=S) groups is 1. The SMILES string of the molecule is CCOC(=O)CN1C(=S)NC(c2ccccn2)C1c1cc(C)n(-c2cccc(C(=O)OC)c2)c1C. The highest BCUT2D eigenvalue weighted by molar-refractivity contribution is 7.80. The normalized spacial score (nSPS) is 17.3. The minimum absolute atomic E-state index is 0.0230. The van der Waals surface area contributed by atoms with Gasteiger partial charge in [-0.3, -0.25) is 9.78 Å². The number of nitrogens with zero attached hydrogens (tertiary/aromatic N) is 3. The Morgan fingerprint density at radius 2 is 1.94 bits per heavy atom. The molecule has 3 aromatic rings. The molecule has 0 bridgehead atoms. The first-order valence-corrected chi connectivity index (χ1v) is 11.8. The number of aryl methyl sites for hydroxylation is 1. The molecule has 0 radical (unpaired) electrons. The Bertz CT molecular complexity index is 1260. The van der Waals surface area contributed by atoms with Crippen LogP contribution in [0.25, 0.3) is 5.69 Å². The highest BCUT2D eigenvalue weighted by Gasteiger charge is 2.42. The molecular formula is C26H28N4O4S. The lowest BCUT2D eigenvalue weighted by atomic mass is 9.97. The number of esters is 2. The van der Waals surface area contributed by atoms with E-state index in [-0.39, 0.29) is 24.6 Å². The van der Waals surface area contributed by atoms with Gasteiger partial charge in [0.1, 0.15) is 6.54 Å². The first-order chi connectivity index (χ1) is 16.8. The molecule has 1 saturated heterocycles. The van der Waals surface area contributed by atoms with E-state index in [2.05, 4.69) is 20.9 Å². The fourth-order valence-electron chi connectivity index (χ4n) is 4.63. The highest BCUT2D eigenvalue weighted by Crippen LogP contribution is 2.41. The Morgan fingerprint density at radius 3 is 2.63 bits per heavy atom. The van der Waals surface area contributed by atoms with Gasteiger partial charge in [0.25, 0.3) is 0 Å². The van der Waals surface area contributed by atoms with E-state index in [0.717, 1.165) is 28.3 Å². The number of rotatable bonds is 7. The quantitative estimate of drug-likeness (QED) is 0.394.